The Hall–Kier alpha value is -2.02. The van der Waals surface area contributed by atoms with Crippen molar-refractivity contribution in [3.05, 3.63) is 39.7 Å². The second kappa shape index (κ2) is 6.62. The maximum Gasteiger partial charge on any atom is 0.303 e. The Bertz CT molecular complexity index is 542. The van der Waals surface area contributed by atoms with Gasteiger partial charge in [-0.1, -0.05) is 0 Å². The van der Waals surface area contributed by atoms with Crippen LogP contribution in [0.2, 0.25) is 0 Å². The summed E-state index contributed by atoms with van der Waals surface area (Å²) in [5, 5.41) is 19.5. The van der Waals surface area contributed by atoms with Crippen LogP contribution in [0.15, 0.2) is 18.2 Å². The Labute approximate surface area is 121 Å². The van der Waals surface area contributed by atoms with Crippen molar-refractivity contribution in [1.82, 2.24) is 4.90 Å². The lowest BCUT2D eigenvalue weighted by molar-refractivity contribution is -0.385. The highest BCUT2D eigenvalue weighted by Crippen LogP contribution is 2.23. The van der Waals surface area contributed by atoms with Crippen LogP contribution in [0.5, 0.6) is 0 Å². The summed E-state index contributed by atoms with van der Waals surface area (Å²) in [6, 6.07) is 3.59. The first-order valence-corrected chi connectivity index (χ1v) is 6.82. The van der Waals surface area contributed by atoms with Gasteiger partial charge in [0.15, 0.2) is 0 Å². The fourth-order valence-electron chi connectivity index (χ4n) is 2.68. The number of aliphatic carboxylic acids is 1. The van der Waals surface area contributed by atoms with Gasteiger partial charge < -0.3 is 5.11 Å². The number of likely N-dealkylation sites (tertiary alicyclic amines) is 1. The van der Waals surface area contributed by atoms with E-state index in [0.717, 1.165) is 32.0 Å². The molecule has 0 atom stereocenters. The fraction of sp³-hybridized carbons (Fsp3) is 0.500. The van der Waals surface area contributed by atoms with Gasteiger partial charge in [0.25, 0.3) is 5.69 Å². The van der Waals surface area contributed by atoms with E-state index < -0.39 is 16.7 Å². The third-order valence-electron chi connectivity index (χ3n) is 3.73. The summed E-state index contributed by atoms with van der Waals surface area (Å²) in [6.45, 7) is 1.89. The molecule has 114 valence electrons. The smallest absolute Gasteiger partial charge is 0.303 e. The summed E-state index contributed by atoms with van der Waals surface area (Å²) < 4.78 is 13.4. The van der Waals surface area contributed by atoms with Gasteiger partial charge in [0.2, 0.25) is 0 Å². The molecule has 0 aliphatic carbocycles. The van der Waals surface area contributed by atoms with Crippen LogP contribution in [0.4, 0.5) is 10.1 Å². The van der Waals surface area contributed by atoms with Gasteiger partial charge >= 0.3 is 5.97 Å². The van der Waals surface area contributed by atoms with Crippen molar-refractivity contribution in [1.29, 1.82) is 0 Å². The first-order valence-electron chi connectivity index (χ1n) is 6.82. The molecule has 1 aromatic carbocycles. The summed E-state index contributed by atoms with van der Waals surface area (Å²) in [6.07, 6.45) is 1.74. The summed E-state index contributed by atoms with van der Waals surface area (Å²) in [5.74, 6) is -1.21. The van der Waals surface area contributed by atoms with E-state index in [9.17, 15) is 19.3 Å². The average Bonchev–Trinajstić information content (AvgIpc) is 2.39. The topological polar surface area (TPSA) is 83.7 Å². The van der Waals surface area contributed by atoms with Crippen molar-refractivity contribution in [3.63, 3.8) is 0 Å². The molecule has 0 saturated carbocycles. The fourth-order valence-corrected chi connectivity index (χ4v) is 2.68. The molecule has 0 unspecified atom stereocenters. The number of hydrogen-bond donors (Lipinski definition) is 1. The van der Waals surface area contributed by atoms with E-state index in [-0.39, 0.29) is 18.0 Å². The summed E-state index contributed by atoms with van der Waals surface area (Å²) in [5.41, 5.74) is 0.323. The molecule has 0 spiro atoms. The highest BCUT2D eigenvalue weighted by molar-refractivity contribution is 5.67. The van der Waals surface area contributed by atoms with E-state index in [1.165, 1.54) is 12.1 Å². The third kappa shape index (κ3) is 4.49. The zero-order valence-electron chi connectivity index (χ0n) is 11.5. The van der Waals surface area contributed by atoms with E-state index in [4.69, 9.17) is 5.11 Å². The lowest BCUT2D eigenvalue weighted by Crippen LogP contribution is -2.33. The van der Waals surface area contributed by atoms with Crippen LogP contribution in [0.3, 0.4) is 0 Å². The monoisotopic (exact) mass is 296 g/mol. The Morgan fingerprint density at radius 1 is 1.38 bits per heavy atom. The zero-order chi connectivity index (χ0) is 15.4. The van der Waals surface area contributed by atoms with Crippen LogP contribution in [0, 0.1) is 21.8 Å². The zero-order valence-corrected chi connectivity index (χ0v) is 11.5. The molecule has 0 aromatic heterocycles. The molecule has 1 fully saturated rings. The molecule has 1 aliphatic rings. The molecular weight excluding hydrogens is 279 g/mol. The van der Waals surface area contributed by atoms with Gasteiger partial charge in [0, 0.05) is 19.0 Å². The Balaban J connectivity index is 1.94. The second-order valence-electron chi connectivity index (χ2n) is 5.39. The normalized spacial score (nSPS) is 16.8. The van der Waals surface area contributed by atoms with Crippen molar-refractivity contribution in [2.75, 3.05) is 13.1 Å². The molecule has 1 aromatic rings. The Morgan fingerprint density at radius 2 is 2.05 bits per heavy atom. The number of nitrogens with zero attached hydrogens (tertiary/aromatic N) is 2. The Kier molecular flexibility index (Phi) is 4.85. The third-order valence-corrected chi connectivity index (χ3v) is 3.73. The number of nitro groups is 1. The van der Waals surface area contributed by atoms with Gasteiger partial charge in [0.05, 0.1) is 11.0 Å². The SMILES string of the molecule is O=C(O)CC1CCN(Cc2cc(F)cc([N+](=O)[O-])c2)CC1. The number of hydrogen-bond acceptors (Lipinski definition) is 4. The molecule has 0 amide bonds. The first-order chi connectivity index (χ1) is 9.94. The molecule has 21 heavy (non-hydrogen) atoms. The minimum Gasteiger partial charge on any atom is -0.481 e. The van der Waals surface area contributed by atoms with Crippen molar-refractivity contribution in [2.24, 2.45) is 5.92 Å². The largest absolute Gasteiger partial charge is 0.481 e. The number of nitro benzene ring substituents is 1. The maximum absolute atomic E-state index is 13.4. The van der Waals surface area contributed by atoms with Gasteiger partial charge in [-0.3, -0.25) is 19.8 Å². The maximum atomic E-state index is 13.4. The van der Waals surface area contributed by atoms with Crippen LogP contribution in [-0.2, 0) is 11.3 Å². The predicted molar refractivity (Wildman–Crippen MR) is 73.3 cm³/mol. The van der Waals surface area contributed by atoms with E-state index >= 15 is 0 Å². The van der Waals surface area contributed by atoms with Crippen LogP contribution < -0.4 is 0 Å². The highest BCUT2D eigenvalue weighted by Gasteiger charge is 2.22. The number of carbonyl (C=O) groups is 1. The minimum atomic E-state index is -0.783. The van der Waals surface area contributed by atoms with E-state index in [2.05, 4.69) is 4.90 Å². The molecule has 1 saturated heterocycles. The van der Waals surface area contributed by atoms with Crippen LogP contribution in [-0.4, -0.2) is 34.0 Å². The van der Waals surface area contributed by atoms with E-state index in [1.54, 1.807) is 0 Å². The van der Waals surface area contributed by atoms with Crippen molar-refractivity contribution < 1.29 is 19.2 Å². The molecule has 2 rings (SSSR count). The molecule has 0 bridgehead atoms. The number of rotatable bonds is 5. The molecule has 7 heteroatoms. The predicted octanol–water partition coefficient (Wildman–Crippen LogP) is 2.42. The van der Waals surface area contributed by atoms with Crippen LogP contribution in [0.1, 0.15) is 24.8 Å². The van der Waals surface area contributed by atoms with Crippen molar-refractivity contribution in [2.45, 2.75) is 25.8 Å². The van der Waals surface area contributed by atoms with Crippen LogP contribution >= 0.6 is 0 Å². The second-order valence-corrected chi connectivity index (χ2v) is 5.39. The summed E-state index contributed by atoms with van der Waals surface area (Å²) in [7, 11) is 0. The van der Waals surface area contributed by atoms with E-state index in [0.29, 0.717) is 12.1 Å². The molecule has 6 nitrogen and oxygen atoms in total. The average molecular weight is 296 g/mol. The first kappa shape index (κ1) is 15.4. The van der Waals surface area contributed by atoms with Crippen molar-refractivity contribution in [3.8, 4) is 0 Å². The lowest BCUT2D eigenvalue weighted by Gasteiger charge is -2.31. The molecule has 1 N–H and O–H groups in total. The van der Waals surface area contributed by atoms with Crippen molar-refractivity contribution >= 4 is 11.7 Å². The lowest BCUT2D eigenvalue weighted by atomic mass is 9.93. The van der Waals surface area contributed by atoms with Gasteiger partial charge in [-0.2, -0.15) is 0 Å². The van der Waals surface area contributed by atoms with E-state index in [1.807, 2.05) is 0 Å². The Morgan fingerprint density at radius 3 is 2.62 bits per heavy atom. The number of benzene rings is 1. The number of carboxylic acids is 1. The van der Waals surface area contributed by atoms with Gasteiger partial charge in [-0.05, 0) is 43.5 Å². The molecule has 1 heterocycles. The number of carboxylic acid groups (broad SMARTS) is 1. The van der Waals surface area contributed by atoms with Crippen LogP contribution in [0.25, 0.3) is 0 Å². The van der Waals surface area contributed by atoms with Gasteiger partial charge in [-0.15, -0.1) is 0 Å². The summed E-state index contributed by atoms with van der Waals surface area (Å²) in [4.78, 5) is 22.8. The number of non-ortho nitro benzene ring substituents is 1. The number of halogens is 1. The van der Waals surface area contributed by atoms with Gasteiger partial charge in [-0.25, -0.2) is 4.39 Å². The molecule has 1 aliphatic heterocycles. The van der Waals surface area contributed by atoms with Gasteiger partial charge in [0.1, 0.15) is 5.82 Å². The quantitative estimate of drug-likeness (QED) is 0.666. The highest BCUT2D eigenvalue weighted by atomic mass is 19.1. The molecular formula is C14H17FN2O4. The minimum absolute atomic E-state index is 0.180. The summed E-state index contributed by atoms with van der Waals surface area (Å²) >= 11 is 0. The standard InChI is InChI=1S/C14H17FN2O4/c15-12-5-11(6-13(8-12)17(20)21)9-16-3-1-10(2-4-16)7-14(18)19/h5-6,8,10H,1-4,7,9H2,(H,18,19). The molecule has 0 radical (unpaired) electrons. The number of piperidine rings is 1.